The largest absolute Gasteiger partial charge is 0.497 e. The summed E-state index contributed by atoms with van der Waals surface area (Å²) >= 11 is 1.58. The Morgan fingerprint density at radius 2 is 1.92 bits per heavy atom. The Balaban J connectivity index is 1.68. The molecule has 1 amide bonds. The van der Waals surface area contributed by atoms with Crippen LogP contribution in [-0.4, -0.2) is 18.0 Å². The Hall–Kier alpha value is -2.66. The maximum atomic E-state index is 12.4. The number of hydrogen-bond acceptors (Lipinski definition) is 4. The Labute approximate surface area is 157 Å². The summed E-state index contributed by atoms with van der Waals surface area (Å²) in [6.07, 6.45) is 0.332. The van der Waals surface area contributed by atoms with E-state index in [-0.39, 0.29) is 5.91 Å². The molecule has 0 bridgehead atoms. The Kier molecular flexibility index (Phi) is 5.68. The first kappa shape index (κ1) is 18.1. The minimum absolute atomic E-state index is 0.00942. The quantitative estimate of drug-likeness (QED) is 0.708. The summed E-state index contributed by atoms with van der Waals surface area (Å²) in [4.78, 5) is 18.0. The lowest BCUT2D eigenvalue weighted by atomic mass is 10.1. The van der Waals surface area contributed by atoms with Crippen LogP contribution < -0.4 is 10.1 Å². The molecule has 0 radical (unpaired) electrons. The molecule has 26 heavy (non-hydrogen) atoms. The summed E-state index contributed by atoms with van der Waals surface area (Å²) < 4.78 is 5.21. The maximum Gasteiger partial charge on any atom is 0.225 e. The zero-order valence-electron chi connectivity index (χ0n) is 15.2. The van der Waals surface area contributed by atoms with E-state index in [1.54, 1.807) is 18.4 Å². The average Bonchev–Trinajstić information content (AvgIpc) is 3.01. The topological polar surface area (TPSA) is 51.2 Å². The number of rotatable bonds is 6. The number of carbonyl (C=O) groups excluding carboxylic acids is 1. The number of ether oxygens (including phenoxy) is 1. The predicted molar refractivity (Wildman–Crippen MR) is 106 cm³/mol. The first-order valence-electron chi connectivity index (χ1n) is 8.48. The molecular weight excluding hydrogens is 344 g/mol. The van der Waals surface area contributed by atoms with Crippen LogP contribution in [0.15, 0.2) is 48.5 Å². The number of thiazole rings is 1. The Morgan fingerprint density at radius 1 is 1.15 bits per heavy atom. The molecule has 0 unspecified atom stereocenters. The van der Waals surface area contributed by atoms with Gasteiger partial charge in [0, 0.05) is 17.0 Å². The number of nitrogens with one attached hydrogen (secondary N) is 1. The molecule has 0 aliphatic rings. The van der Waals surface area contributed by atoms with Gasteiger partial charge in [-0.25, -0.2) is 4.98 Å². The highest BCUT2D eigenvalue weighted by Gasteiger charge is 2.14. The molecule has 0 fully saturated rings. The van der Waals surface area contributed by atoms with Crippen molar-refractivity contribution in [1.82, 2.24) is 10.3 Å². The van der Waals surface area contributed by atoms with Gasteiger partial charge < -0.3 is 10.1 Å². The van der Waals surface area contributed by atoms with E-state index in [1.807, 2.05) is 31.2 Å². The van der Waals surface area contributed by atoms with Crippen molar-refractivity contribution in [3.8, 4) is 17.0 Å². The van der Waals surface area contributed by atoms with E-state index in [9.17, 15) is 4.79 Å². The number of benzene rings is 2. The second kappa shape index (κ2) is 8.15. The molecular formula is C21H22N2O2S. The highest BCUT2D eigenvalue weighted by Crippen LogP contribution is 2.28. The fourth-order valence-electron chi connectivity index (χ4n) is 2.72. The van der Waals surface area contributed by atoms with Gasteiger partial charge in [0.05, 0.1) is 24.2 Å². The lowest BCUT2D eigenvalue weighted by molar-refractivity contribution is -0.120. The van der Waals surface area contributed by atoms with Gasteiger partial charge in [-0.1, -0.05) is 42.0 Å². The molecule has 3 rings (SSSR count). The van der Waals surface area contributed by atoms with E-state index in [0.717, 1.165) is 32.5 Å². The molecule has 0 aliphatic carbocycles. The number of methoxy groups -OCH3 is 1. The third-order valence-electron chi connectivity index (χ3n) is 4.07. The minimum Gasteiger partial charge on any atom is -0.497 e. The molecule has 0 saturated carbocycles. The van der Waals surface area contributed by atoms with Crippen LogP contribution in [0, 0.1) is 13.8 Å². The standard InChI is InChI=1S/C21H22N2O2S/c1-14-7-9-17(10-8-14)21-19(26-15(2)23-21)12-20(24)22-13-16-5-4-6-18(11-16)25-3/h4-11H,12-13H2,1-3H3,(H,22,24). The summed E-state index contributed by atoms with van der Waals surface area (Å²) in [6.45, 7) is 4.51. The van der Waals surface area contributed by atoms with Crippen LogP contribution in [0.5, 0.6) is 5.75 Å². The van der Waals surface area contributed by atoms with Crippen LogP contribution in [0.3, 0.4) is 0 Å². The van der Waals surface area contributed by atoms with E-state index >= 15 is 0 Å². The van der Waals surface area contributed by atoms with E-state index in [2.05, 4.69) is 41.5 Å². The molecule has 5 heteroatoms. The molecule has 4 nitrogen and oxygen atoms in total. The molecule has 0 atom stereocenters. The molecule has 2 aromatic carbocycles. The van der Waals surface area contributed by atoms with Crippen molar-refractivity contribution in [1.29, 1.82) is 0 Å². The van der Waals surface area contributed by atoms with Gasteiger partial charge in [0.15, 0.2) is 0 Å². The van der Waals surface area contributed by atoms with Crippen molar-refractivity contribution in [2.45, 2.75) is 26.8 Å². The summed E-state index contributed by atoms with van der Waals surface area (Å²) in [7, 11) is 1.64. The van der Waals surface area contributed by atoms with Gasteiger partial charge in [0.25, 0.3) is 0 Å². The fourth-order valence-corrected chi connectivity index (χ4v) is 3.67. The van der Waals surface area contributed by atoms with Crippen LogP contribution in [0.4, 0.5) is 0 Å². The maximum absolute atomic E-state index is 12.4. The third-order valence-corrected chi connectivity index (χ3v) is 5.05. The normalized spacial score (nSPS) is 10.6. The molecule has 1 aromatic heterocycles. The molecule has 134 valence electrons. The van der Waals surface area contributed by atoms with Crippen LogP contribution >= 0.6 is 11.3 Å². The third kappa shape index (κ3) is 4.49. The molecule has 0 spiro atoms. The van der Waals surface area contributed by atoms with Crippen LogP contribution in [0.25, 0.3) is 11.3 Å². The summed E-state index contributed by atoms with van der Waals surface area (Å²) in [5, 5.41) is 3.95. The summed E-state index contributed by atoms with van der Waals surface area (Å²) in [6, 6.07) is 15.9. The van der Waals surface area contributed by atoms with Crippen molar-refractivity contribution < 1.29 is 9.53 Å². The monoisotopic (exact) mass is 366 g/mol. The van der Waals surface area contributed by atoms with Crippen molar-refractivity contribution in [2.75, 3.05) is 7.11 Å². The number of aromatic nitrogens is 1. The van der Waals surface area contributed by atoms with Crippen LogP contribution in [-0.2, 0) is 17.8 Å². The SMILES string of the molecule is COc1cccc(CNC(=O)Cc2sc(C)nc2-c2ccc(C)cc2)c1. The predicted octanol–water partition coefficient (Wildman–Crippen LogP) is 4.29. The number of hydrogen-bond donors (Lipinski definition) is 1. The van der Waals surface area contributed by atoms with Gasteiger partial charge in [0.1, 0.15) is 5.75 Å². The van der Waals surface area contributed by atoms with Gasteiger partial charge in [-0.2, -0.15) is 0 Å². The van der Waals surface area contributed by atoms with Crippen molar-refractivity contribution in [3.63, 3.8) is 0 Å². The summed E-state index contributed by atoms with van der Waals surface area (Å²) in [5.41, 5.74) is 4.18. The van der Waals surface area contributed by atoms with Crippen molar-refractivity contribution in [2.24, 2.45) is 0 Å². The minimum atomic E-state index is -0.00942. The Morgan fingerprint density at radius 3 is 2.65 bits per heavy atom. The fraction of sp³-hybridized carbons (Fsp3) is 0.238. The number of nitrogens with zero attached hydrogens (tertiary/aromatic N) is 1. The van der Waals surface area contributed by atoms with Gasteiger partial charge in [-0.3, -0.25) is 4.79 Å². The van der Waals surface area contributed by atoms with Gasteiger partial charge in [0.2, 0.25) is 5.91 Å². The average molecular weight is 366 g/mol. The highest BCUT2D eigenvalue weighted by molar-refractivity contribution is 7.12. The number of carbonyl (C=O) groups is 1. The number of amides is 1. The van der Waals surface area contributed by atoms with Crippen molar-refractivity contribution in [3.05, 3.63) is 69.5 Å². The van der Waals surface area contributed by atoms with Gasteiger partial charge in [-0.05, 0) is 31.5 Å². The van der Waals surface area contributed by atoms with Gasteiger partial charge in [-0.15, -0.1) is 11.3 Å². The smallest absolute Gasteiger partial charge is 0.225 e. The zero-order chi connectivity index (χ0) is 18.5. The van der Waals surface area contributed by atoms with E-state index in [1.165, 1.54) is 5.56 Å². The molecule has 1 N–H and O–H groups in total. The first-order valence-corrected chi connectivity index (χ1v) is 9.30. The molecule has 0 saturated heterocycles. The zero-order valence-corrected chi connectivity index (χ0v) is 16.0. The molecule has 1 heterocycles. The summed E-state index contributed by atoms with van der Waals surface area (Å²) in [5.74, 6) is 0.779. The van der Waals surface area contributed by atoms with E-state index in [0.29, 0.717) is 13.0 Å². The highest BCUT2D eigenvalue weighted by atomic mass is 32.1. The van der Waals surface area contributed by atoms with E-state index in [4.69, 9.17) is 4.74 Å². The van der Waals surface area contributed by atoms with Crippen LogP contribution in [0.1, 0.15) is 21.0 Å². The molecule has 0 aliphatic heterocycles. The second-order valence-electron chi connectivity index (χ2n) is 6.18. The van der Waals surface area contributed by atoms with E-state index < -0.39 is 0 Å². The van der Waals surface area contributed by atoms with Crippen molar-refractivity contribution >= 4 is 17.2 Å². The van der Waals surface area contributed by atoms with Crippen LogP contribution in [0.2, 0.25) is 0 Å². The molecule has 3 aromatic rings. The number of aryl methyl sites for hydroxylation is 2. The lowest BCUT2D eigenvalue weighted by Crippen LogP contribution is -2.24. The lowest BCUT2D eigenvalue weighted by Gasteiger charge is -2.07. The van der Waals surface area contributed by atoms with Gasteiger partial charge >= 0.3 is 0 Å². The second-order valence-corrected chi connectivity index (χ2v) is 7.46. The Bertz CT molecular complexity index is 901. The first-order chi connectivity index (χ1) is 12.5.